The van der Waals surface area contributed by atoms with E-state index in [0.29, 0.717) is 6.54 Å². The van der Waals surface area contributed by atoms with Crippen LogP contribution in [-0.2, 0) is 11.2 Å². The predicted molar refractivity (Wildman–Crippen MR) is 108 cm³/mol. The van der Waals surface area contributed by atoms with Crippen molar-refractivity contribution in [3.8, 4) is 0 Å². The maximum Gasteiger partial charge on any atom is 0.0914 e. The van der Waals surface area contributed by atoms with Gasteiger partial charge in [0.05, 0.1) is 12.7 Å². The molecule has 0 amide bonds. The van der Waals surface area contributed by atoms with Crippen molar-refractivity contribution in [2.24, 2.45) is 0 Å². The molecule has 0 bridgehead atoms. The molecular formula is C23H33NO2. The number of unbranched alkanes of at least 4 members (excludes halogenated alkanes) is 4. The molecule has 3 nitrogen and oxygen atoms in total. The minimum Gasteiger partial charge on any atom is -0.387 e. The third-order valence-corrected chi connectivity index (χ3v) is 4.54. The summed E-state index contributed by atoms with van der Waals surface area (Å²) >= 11 is 0. The first kappa shape index (κ1) is 20.6. The molecule has 0 heterocycles. The first-order valence-corrected chi connectivity index (χ1v) is 9.91. The molecule has 0 aromatic heterocycles. The van der Waals surface area contributed by atoms with E-state index in [1.807, 2.05) is 36.4 Å². The van der Waals surface area contributed by atoms with Crippen LogP contribution in [0.3, 0.4) is 0 Å². The van der Waals surface area contributed by atoms with E-state index in [9.17, 15) is 5.11 Å². The highest BCUT2D eigenvalue weighted by molar-refractivity contribution is 5.17. The molecule has 0 aliphatic rings. The van der Waals surface area contributed by atoms with E-state index in [2.05, 4.69) is 29.6 Å². The largest absolute Gasteiger partial charge is 0.387 e. The van der Waals surface area contributed by atoms with Gasteiger partial charge in [0.2, 0.25) is 0 Å². The van der Waals surface area contributed by atoms with E-state index in [0.717, 1.165) is 44.6 Å². The molecule has 142 valence electrons. The van der Waals surface area contributed by atoms with Gasteiger partial charge in [-0.1, -0.05) is 79.9 Å². The van der Waals surface area contributed by atoms with E-state index in [4.69, 9.17) is 4.74 Å². The fourth-order valence-corrected chi connectivity index (χ4v) is 2.95. The second-order valence-corrected chi connectivity index (χ2v) is 6.75. The Balaban J connectivity index is 1.34. The van der Waals surface area contributed by atoms with Gasteiger partial charge in [-0.15, -0.1) is 0 Å². The minimum atomic E-state index is -0.413. The van der Waals surface area contributed by atoms with Gasteiger partial charge < -0.3 is 15.2 Å². The summed E-state index contributed by atoms with van der Waals surface area (Å²) in [5.74, 6) is 0. The molecule has 1 atom stereocenters. The Morgan fingerprint density at radius 3 is 2.19 bits per heavy atom. The van der Waals surface area contributed by atoms with Crippen molar-refractivity contribution < 1.29 is 9.84 Å². The fraction of sp³-hybridized carbons (Fsp3) is 0.478. The van der Waals surface area contributed by atoms with Gasteiger partial charge in [0.1, 0.15) is 0 Å². The normalized spacial score (nSPS) is 12.2. The molecule has 2 aromatic carbocycles. The van der Waals surface area contributed by atoms with Crippen LogP contribution < -0.4 is 5.32 Å². The molecule has 3 heteroatoms. The fourth-order valence-electron chi connectivity index (χ4n) is 2.95. The minimum absolute atomic E-state index is 0.413. The van der Waals surface area contributed by atoms with Crippen molar-refractivity contribution in [3.05, 3.63) is 71.8 Å². The van der Waals surface area contributed by atoms with Crippen molar-refractivity contribution in [2.75, 3.05) is 26.3 Å². The zero-order chi connectivity index (χ0) is 18.3. The molecule has 2 N–H and O–H groups in total. The maximum absolute atomic E-state index is 10.1. The Morgan fingerprint density at radius 1 is 0.769 bits per heavy atom. The number of hydrogen-bond acceptors (Lipinski definition) is 3. The predicted octanol–water partition coefficient (Wildman–Crippen LogP) is 4.52. The van der Waals surface area contributed by atoms with Gasteiger partial charge in [-0.25, -0.2) is 0 Å². The number of aliphatic hydroxyl groups excluding tert-OH is 1. The van der Waals surface area contributed by atoms with Crippen molar-refractivity contribution in [1.82, 2.24) is 5.32 Å². The summed E-state index contributed by atoms with van der Waals surface area (Å²) in [5, 5.41) is 13.4. The van der Waals surface area contributed by atoms with Crippen LogP contribution in [0.5, 0.6) is 0 Å². The Bertz CT molecular complexity index is 559. The Labute approximate surface area is 158 Å². The van der Waals surface area contributed by atoms with Crippen molar-refractivity contribution >= 4 is 0 Å². The molecule has 26 heavy (non-hydrogen) atoms. The number of benzene rings is 2. The molecule has 0 radical (unpaired) electrons. The Hall–Kier alpha value is -1.68. The average molecular weight is 356 g/mol. The first-order chi connectivity index (χ1) is 12.9. The highest BCUT2D eigenvalue weighted by Gasteiger charge is 2.05. The standard InChI is InChI=1S/C23H33NO2/c25-23(22-14-8-5-9-15-22)20-24-17-10-2-1-3-11-18-26-19-16-21-12-6-4-7-13-21/h4-9,12-15,23-25H,1-3,10-11,16-20H2. The highest BCUT2D eigenvalue weighted by Crippen LogP contribution is 2.10. The van der Waals surface area contributed by atoms with Crippen LogP contribution >= 0.6 is 0 Å². The number of rotatable bonds is 14. The molecule has 0 saturated heterocycles. The second kappa shape index (κ2) is 13.5. The van der Waals surface area contributed by atoms with Crippen molar-refractivity contribution in [3.63, 3.8) is 0 Å². The number of hydrogen-bond donors (Lipinski definition) is 2. The van der Waals surface area contributed by atoms with Crippen LogP contribution in [0, 0.1) is 0 Å². The van der Waals surface area contributed by atoms with Crippen LogP contribution in [0.4, 0.5) is 0 Å². The number of nitrogens with one attached hydrogen (secondary N) is 1. The first-order valence-electron chi connectivity index (χ1n) is 9.91. The van der Waals surface area contributed by atoms with Gasteiger partial charge in [0.25, 0.3) is 0 Å². The lowest BCUT2D eigenvalue weighted by atomic mass is 10.1. The summed E-state index contributed by atoms with van der Waals surface area (Å²) in [5.41, 5.74) is 2.32. The van der Waals surface area contributed by atoms with E-state index in [1.165, 1.54) is 24.8 Å². The van der Waals surface area contributed by atoms with Crippen LogP contribution in [0.25, 0.3) is 0 Å². The topological polar surface area (TPSA) is 41.5 Å². The molecule has 0 aliphatic carbocycles. The van der Waals surface area contributed by atoms with Gasteiger partial charge in [0.15, 0.2) is 0 Å². The number of aliphatic hydroxyl groups is 1. The zero-order valence-electron chi connectivity index (χ0n) is 15.8. The molecule has 2 rings (SSSR count). The molecular weight excluding hydrogens is 322 g/mol. The quantitative estimate of drug-likeness (QED) is 0.490. The van der Waals surface area contributed by atoms with Crippen LogP contribution in [0.1, 0.15) is 49.3 Å². The smallest absolute Gasteiger partial charge is 0.0914 e. The van der Waals surface area contributed by atoms with Gasteiger partial charge >= 0.3 is 0 Å². The lowest BCUT2D eigenvalue weighted by Gasteiger charge is -2.12. The third kappa shape index (κ3) is 9.14. The monoisotopic (exact) mass is 355 g/mol. The summed E-state index contributed by atoms with van der Waals surface area (Å²) in [6, 6.07) is 20.3. The summed E-state index contributed by atoms with van der Waals surface area (Å²) in [7, 11) is 0. The summed E-state index contributed by atoms with van der Waals surface area (Å²) in [4.78, 5) is 0. The molecule has 0 saturated carbocycles. The van der Waals surface area contributed by atoms with Crippen LogP contribution in [-0.4, -0.2) is 31.4 Å². The Kier molecular flexibility index (Phi) is 10.7. The zero-order valence-corrected chi connectivity index (χ0v) is 15.8. The van der Waals surface area contributed by atoms with Crippen LogP contribution in [0.15, 0.2) is 60.7 Å². The highest BCUT2D eigenvalue weighted by atomic mass is 16.5. The lowest BCUT2D eigenvalue weighted by Crippen LogP contribution is -2.22. The summed E-state index contributed by atoms with van der Waals surface area (Å²) < 4.78 is 5.71. The van der Waals surface area contributed by atoms with Gasteiger partial charge in [-0.05, 0) is 36.9 Å². The maximum atomic E-state index is 10.1. The SMILES string of the molecule is OC(CNCCCCCCCOCCc1ccccc1)c1ccccc1. The molecule has 2 aromatic rings. The molecule has 0 spiro atoms. The van der Waals surface area contributed by atoms with E-state index < -0.39 is 6.10 Å². The van der Waals surface area contributed by atoms with E-state index in [1.54, 1.807) is 0 Å². The van der Waals surface area contributed by atoms with E-state index >= 15 is 0 Å². The van der Waals surface area contributed by atoms with E-state index in [-0.39, 0.29) is 0 Å². The number of ether oxygens (including phenoxy) is 1. The van der Waals surface area contributed by atoms with Crippen molar-refractivity contribution in [1.29, 1.82) is 0 Å². The van der Waals surface area contributed by atoms with Crippen molar-refractivity contribution in [2.45, 2.75) is 44.6 Å². The second-order valence-electron chi connectivity index (χ2n) is 6.75. The molecule has 1 unspecified atom stereocenters. The Morgan fingerprint density at radius 2 is 1.42 bits per heavy atom. The summed E-state index contributed by atoms with van der Waals surface area (Å²) in [6.45, 7) is 3.28. The molecule has 0 fully saturated rings. The summed E-state index contributed by atoms with van der Waals surface area (Å²) in [6.07, 6.45) is 6.62. The molecule has 0 aliphatic heterocycles. The lowest BCUT2D eigenvalue weighted by molar-refractivity contribution is 0.133. The third-order valence-electron chi connectivity index (χ3n) is 4.54. The van der Waals surface area contributed by atoms with Gasteiger partial charge in [0, 0.05) is 13.2 Å². The van der Waals surface area contributed by atoms with Crippen LogP contribution in [0.2, 0.25) is 0 Å². The van der Waals surface area contributed by atoms with Gasteiger partial charge in [-0.2, -0.15) is 0 Å². The van der Waals surface area contributed by atoms with Gasteiger partial charge in [-0.3, -0.25) is 0 Å². The average Bonchev–Trinajstić information content (AvgIpc) is 2.70.